The number of rotatable bonds is 4. The van der Waals surface area contributed by atoms with Crippen LogP contribution in [-0.2, 0) is 4.79 Å². The quantitative estimate of drug-likeness (QED) is 0.596. The van der Waals surface area contributed by atoms with Gasteiger partial charge in [-0.1, -0.05) is 18.2 Å². The van der Waals surface area contributed by atoms with Crippen LogP contribution in [0.3, 0.4) is 0 Å². The topological polar surface area (TPSA) is 32.7 Å². The molecule has 1 aromatic carbocycles. The molecule has 1 rings (SSSR count). The Hall–Kier alpha value is -2.16. The number of anilines is 1. The number of aryl methyl sites for hydroxylation is 1. The van der Waals surface area contributed by atoms with Gasteiger partial charge in [-0.25, -0.2) is 0 Å². The normalized spacial score (nSPS) is 12.3. The zero-order valence-electron chi connectivity index (χ0n) is 13.8. The van der Waals surface area contributed by atoms with Crippen molar-refractivity contribution >= 4 is 23.5 Å². The SMILES string of the molecule is C=C(C)/C(C)=C(\N=CC)c1ccc(N(C)C(C)=O)c(C)c1. The van der Waals surface area contributed by atoms with Crippen LogP contribution in [0, 0.1) is 6.92 Å². The van der Waals surface area contributed by atoms with E-state index in [-0.39, 0.29) is 5.91 Å². The van der Waals surface area contributed by atoms with Gasteiger partial charge in [0, 0.05) is 31.4 Å². The van der Waals surface area contributed by atoms with E-state index < -0.39 is 0 Å². The van der Waals surface area contributed by atoms with E-state index >= 15 is 0 Å². The van der Waals surface area contributed by atoms with Gasteiger partial charge in [0.05, 0.1) is 5.70 Å². The van der Waals surface area contributed by atoms with Crippen LogP contribution < -0.4 is 4.90 Å². The average molecular weight is 284 g/mol. The molecule has 0 heterocycles. The Morgan fingerprint density at radius 1 is 1.29 bits per heavy atom. The van der Waals surface area contributed by atoms with Crippen molar-refractivity contribution in [2.45, 2.75) is 34.6 Å². The first kappa shape index (κ1) is 16.9. The molecular formula is C18H24N2O. The van der Waals surface area contributed by atoms with Crippen molar-refractivity contribution in [2.24, 2.45) is 4.99 Å². The van der Waals surface area contributed by atoms with Crippen molar-refractivity contribution < 1.29 is 4.79 Å². The summed E-state index contributed by atoms with van der Waals surface area (Å²) in [6, 6.07) is 6.02. The maximum Gasteiger partial charge on any atom is 0.223 e. The highest BCUT2D eigenvalue weighted by atomic mass is 16.2. The van der Waals surface area contributed by atoms with Crippen molar-refractivity contribution in [3.05, 3.63) is 47.1 Å². The van der Waals surface area contributed by atoms with Gasteiger partial charge in [0.15, 0.2) is 0 Å². The molecule has 0 radical (unpaired) electrons. The third-order valence-electron chi connectivity index (χ3n) is 3.56. The predicted octanol–water partition coefficient (Wildman–Crippen LogP) is 4.38. The van der Waals surface area contributed by atoms with Crippen molar-refractivity contribution in [1.29, 1.82) is 0 Å². The van der Waals surface area contributed by atoms with E-state index in [1.54, 1.807) is 25.1 Å². The van der Waals surface area contributed by atoms with E-state index in [0.717, 1.165) is 33.7 Å². The van der Waals surface area contributed by atoms with Crippen LogP contribution in [0.4, 0.5) is 5.69 Å². The fourth-order valence-electron chi connectivity index (χ4n) is 2.07. The molecule has 0 aliphatic rings. The Morgan fingerprint density at radius 3 is 2.33 bits per heavy atom. The van der Waals surface area contributed by atoms with Crippen LogP contribution in [0.25, 0.3) is 5.70 Å². The van der Waals surface area contributed by atoms with E-state index in [0.29, 0.717) is 0 Å². The molecule has 0 saturated heterocycles. The third-order valence-corrected chi connectivity index (χ3v) is 3.56. The molecule has 1 aromatic rings. The summed E-state index contributed by atoms with van der Waals surface area (Å²) < 4.78 is 0. The molecule has 0 bridgehead atoms. The Labute approximate surface area is 127 Å². The molecule has 0 aromatic heterocycles. The number of carbonyl (C=O) groups is 1. The van der Waals surface area contributed by atoms with E-state index in [1.807, 2.05) is 39.8 Å². The van der Waals surface area contributed by atoms with Gasteiger partial charge in [-0.15, -0.1) is 0 Å². The number of amides is 1. The largest absolute Gasteiger partial charge is 0.315 e. The first-order valence-corrected chi connectivity index (χ1v) is 7.00. The minimum absolute atomic E-state index is 0.0197. The van der Waals surface area contributed by atoms with Gasteiger partial charge in [0.25, 0.3) is 0 Å². The van der Waals surface area contributed by atoms with E-state index in [2.05, 4.69) is 17.6 Å². The summed E-state index contributed by atoms with van der Waals surface area (Å²) in [7, 11) is 1.78. The Balaban J connectivity index is 3.39. The zero-order valence-corrected chi connectivity index (χ0v) is 13.8. The van der Waals surface area contributed by atoms with E-state index in [4.69, 9.17) is 0 Å². The molecule has 0 aliphatic carbocycles. The van der Waals surface area contributed by atoms with Crippen molar-refractivity contribution in [3.63, 3.8) is 0 Å². The maximum absolute atomic E-state index is 11.5. The van der Waals surface area contributed by atoms with Gasteiger partial charge in [-0.3, -0.25) is 9.79 Å². The summed E-state index contributed by atoms with van der Waals surface area (Å²) in [4.78, 5) is 17.6. The van der Waals surface area contributed by atoms with Gasteiger partial charge in [-0.2, -0.15) is 0 Å². The van der Waals surface area contributed by atoms with Crippen LogP contribution in [0.1, 0.15) is 38.8 Å². The molecule has 21 heavy (non-hydrogen) atoms. The summed E-state index contributed by atoms with van der Waals surface area (Å²) in [6.45, 7) is 13.5. The van der Waals surface area contributed by atoms with Crippen LogP contribution in [-0.4, -0.2) is 19.2 Å². The minimum Gasteiger partial charge on any atom is -0.315 e. The number of carbonyl (C=O) groups excluding carboxylic acids is 1. The molecule has 0 aliphatic heterocycles. The maximum atomic E-state index is 11.5. The number of allylic oxidation sites excluding steroid dienone is 2. The fraction of sp³-hybridized carbons (Fsp3) is 0.333. The highest BCUT2D eigenvalue weighted by Crippen LogP contribution is 2.28. The van der Waals surface area contributed by atoms with E-state index in [9.17, 15) is 4.79 Å². The van der Waals surface area contributed by atoms with Crippen molar-refractivity contribution in [3.8, 4) is 0 Å². The lowest BCUT2D eigenvalue weighted by Crippen LogP contribution is -2.23. The molecule has 0 N–H and O–H groups in total. The third kappa shape index (κ3) is 3.91. The van der Waals surface area contributed by atoms with Gasteiger partial charge >= 0.3 is 0 Å². The highest BCUT2D eigenvalue weighted by Gasteiger charge is 2.11. The lowest BCUT2D eigenvalue weighted by atomic mass is 10.0. The minimum atomic E-state index is 0.0197. The number of benzene rings is 1. The molecule has 3 nitrogen and oxygen atoms in total. The summed E-state index contributed by atoms with van der Waals surface area (Å²) >= 11 is 0. The smallest absolute Gasteiger partial charge is 0.223 e. The molecular weight excluding hydrogens is 260 g/mol. The van der Waals surface area contributed by atoms with Gasteiger partial charge in [0.2, 0.25) is 5.91 Å². The zero-order chi connectivity index (χ0) is 16.2. The van der Waals surface area contributed by atoms with Crippen LogP contribution in [0.2, 0.25) is 0 Å². The number of hydrogen-bond donors (Lipinski definition) is 0. The summed E-state index contributed by atoms with van der Waals surface area (Å²) in [5, 5.41) is 0. The Morgan fingerprint density at radius 2 is 1.90 bits per heavy atom. The second-order valence-corrected chi connectivity index (χ2v) is 5.22. The average Bonchev–Trinajstić information content (AvgIpc) is 2.43. The lowest BCUT2D eigenvalue weighted by Gasteiger charge is -2.19. The lowest BCUT2D eigenvalue weighted by molar-refractivity contribution is -0.116. The molecule has 0 fully saturated rings. The Bertz CT molecular complexity index is 624. The predicted molar refractivity (Wildman–Crippen MR) is 91.8 cm³/mol. The first-order valence-electron chi connectivity index (χ1n) is 7.00. The molecule has 0 unspecified atom stereocenters. The summed E-state index contributed by atoms with van der Waals surface area (Å²) in [5.74, 6) is 0.0197. The van der Waals surface area contributed by atoms with Crippen LogP contribution >= 0.6 is 0 Å². The second-order valence-electron chi connectivity index (χ2n) is 5.22. The molecule has 0 saturated carbocycles. The molecule has 0 spiro atoms. The molecule has 0 atom stereocenters. The van der Waals surface area contributed by atoms with Crippen LogP contribution in [0.5, 0.6) is 0 Å². The highest BCUT2D eigenvalue weighted by molar-refractivity contribution is 5.92. The van der Waals surface area contributed by atoms with Crippen LogP contribution in [0.15, 0.2) is 40.9 Å². The van der Waals surface area contributed by atoms with Crippen molar-refractivity contribution in [1.82, 2.24) is 0 Å². The van der Waals surface area contributed by atoms with Crippen molar-refractivity contribution in [2.75, 3.05) is 11.9 Å². The van der Waals surface area contributed by atoms with E-state index in [1.165, 1.54) is 0 Å². The second kappa shape index (κ2) is 7.02. The summed E-state index contributed by atoms with van der Waals surface area (Å²) in [5.41, 5.74) is 5.98. The number of hydrogen-bond acceptors (Lipinski definition) is 2. The molecule has 112 valence electrons. The summed E-state index contributed by atoms with van der Waals surface area (Å²) in [6.07, 6.45) is 1.78. The van der Waals surface area contributed by atoms with Gasteiger partial charge < -0.3 is 4.90 Å². The molecule has 1 amide bonds. The number of aliphatic imine (C=N–C) groups is 1. The standard InChI is InChI=1S/C18H24N2O/c1-8-19-18(14(5)12(2)3)16-9-10-17(13(4)11-16)20(7)15(6)21/h8-11H,2H2,1,3-7H3/b18-14-,19-8?. The Kier molecular flexibility index (Phi) is 5.65. The number of nitrogens with zero attached hydrogens (tertiary/aromatic N) is 2. The van der Waals surface area contributed by atoms with Gasteiger partial charge in [0.1, 0.15) is 0 Å². The molecule has 3 heteroatoms. The monoisotopic (exact) mass is 284 g/mol. The first-order chi connectivity index (χ1) is 9.79. The van der Waals surface area contributed by atoms with Gasteiger partial charge in [-0.05, 0) is 51.0 Å². The fourth-order valence-corrected chi connectivity index (χ4v) is 2.07.